The minimum absolute atomic E-state index is 0.141. The maximum absolute atomic E-state index is 6.32. The van der Waals surface area contributed by atoms with Crippen LogP contribution in [-0.2, 0) is 0 Å². The standard InChI is InChI=1S/C19H34N2/c1-6-18(20)17-9-7-8-10-19(17)21(13-11-15(2)3)14-12-16(4)5/h7-10,15-16,18H,6,11-14,20H2,1-5H3/t18-/m1/s1. The van der Waals surface area contributed by atoms with Gasteiger partial charge in [0.05, 0.1) is 0 Å². The van der Waals surface area contributed by atoms with E-state index in [0.29, 0.717) is 0 Å². The Labute approximate surface area is 131 Å². The third-order valence-corrected chi connectivity index (χ3v) is 4.07. The highest BCUT2D eigenvalue weighted by atomic mass is 15.1. The van der Waals surface area contributed by atoms with Crippen LogP contribution in [-0.4, -0.2) is 13.1 Å². The van der Waals surface area contributed by atoms with Gasteiger partial charge < -0.3 is 10.6 Å². The second-order valence-corrected chi connectivity index (χ2v) is 6.93. The lowest BCUT2D eigenvalue weighted by atomic mass is 10.0. The molecule has 21 heavy (non-hydrogen) atoms. The minimum Gasteiger partial charge on any atom is -0.371 e. The third kappa shape index (κ3) is 6.09. The van der Waals surface area contributed by atoms with Crippen molar-refractivity contribution in [2.24, 2.45) is 17.6 Å². The molecule has 0 bridgehead atoms. The van der Waals surface area contributed by atoms with Crippen LogP contribution >= 0.6 is 0 Å². The number of anilines is 1. The molecule has 1 aromatic carbocycles. The van der Waals surface area contributed by atoms with Crippen molar-refractivity contribution in [1.29, 1.82) is 0 Å². The fourth-order valence-electron chi connectivity index (χ4n) is 2.49. The number of nitrogens with two attached hydrogens (primary N) is 1. The number of hydrogen-bond acceptors (Lipinski definition) is 2. The molecule has 0 saturated carbocycles. The van der Waals surface area contributed by atoms with Gasteiger partial charge in [-0.3, -0.25) is 0 Å². The molecular weight excluding hydrogens is 256 g/mol. The van der Waals surface area contributed by atoms with E-state index >= 15 is 0 Å². The number of nitrogens with zero attached hydrogens (tertiary/aromatic N) is 1. The molecule has 2 nitrogen and oxygen atoms in total. The van der Waals surface area contributed by atoms with Crippen LogP contribution < -0.4 is 10.6 Å². The topological polar surface area (TPSA) is 29.3 Å². The quantitative estimate of drug-likeness (QED) is 0.694. The molecule has 0 saturated heterocycles. The predicted molar refractivity (Wildman–Crippen MR) is 94.8 cm³/mol. The summed E-state index contributed by atoms with van der Waals surface area (Å²) in [4.78, 5) is 2.55. The molecule has 1 rings (SSSR count). The first-order valence-electron chi connectivity index (χ1n) is 8.55. The highest BCUT2D eigenvalue weighted by Gasteiger charge is 2.15. The summed E-state index contributed by atoms with van der Waals surface area (Å²) < 4.78 is 0. The van der Waals surface area contributed by atoms with Gasteiger partial charge in [-0.15, -0.1) is 0 Å². The molecule has 0 spiro atoms. The molecule has 0 amide bonds. The monoisotopic (exact) mass is 290 g/mol. The van der Waals surface area contributed by atoms with Crippen molar-refractivity contribution in [2.45, 2.75) is 59.9 Å². The first kappa shape index (κ1) is 18.0. The maximum atomic E-state index is 6.32. The van der Waals surface area contributed by atoms with E-state index in [2.05, 4.69) is 63.8 Å². The zero-order valence-corrected chi connectivity index (χ0v) is 14.6. The summed E-state index contributed by atoms with van der Waals surface area (Å²) in [6.07, 6.45) is 3.45. The van der Waals surface area contributed by atoms with Crippen LogP contribution in [0.2, 0.25) is 0 Å². The Morgan fingerprint density at radius 3 is 1.95 bits per heavy atom. The Morgan fingerprint density at radius 1 is 0.952 bits per heavy atom. The molecule has 0 heterocycles. The molecule has 0 unspecified atom stereocenters. The van der Waals surface area contributed by atoms with E-state index in [9.17, 15) is 0 Å². The van der Waals surface area contributed by atoms with Gasteiger partial charge in [0.25, 0.3) is 0 Å². The number of hydrogen-bond donors (Lipinski definition) is 1. The van der Waals surface area contributed by atoms with Gasteiger partial charge in [0, 0.05) is 24.8 Å². The SMILES string of the molecule is CC[C@@H](N)c1ccccc1N(CCC(C)C)CCC(C)C. The Bertz CT molecular complexity index is 386. The van der Waals surface area contributed by atoms with E-state index in [1.165, 1.54) is 24.1 Å². The molecule has 0 aliphatic rings. The lowest BCUT2D eigenvalue weighted by Crippen LogP contribution is -2.29. The van der Waals surface area contributed by atoms with E-state index in [-0.39, 0.29) is 6.04 Å². The highest BCUT2D eigenvalue weighted by molar-refractivity contribution is 5.55. The molecule has 0 fully saturated rings. The van der Waals surface area contributed by atoms with Gasteiger partial charge in [-0.05, 0) is 42.7 Å². The summed E-state index contributed by atoms with van der Waals surface area (Å²) in [5.74, 6) is 1.47. The lowest BCUT2D eigenvalue weighted by Gasteiger charge is -2.30. The normalized spacial score (nSPS) is 13.0. The van der Waals surface area contributed by atoms with Gasteiger partial charge in [0.15, 0.2) is 0 Å². The average Bonchev–Trinajstić information content (AvgIpc) is 2.46. The molecule has 2 heteroatoms. The second kappa shape index (κ2) is 9.09. The Kier molecular flexibility index (Phi) is 7.81. The van der Waals surface area contributed by atoms with E-state index < -0.39 is 0 Å². The summed E-state index contributed by atoms with van der Waals surface area (Å²) >= 11 is 0. The smallest absolute Gasteiger partial charge is 0.0414 e. The summed E-state index contributed by atoms with van der Waals surface area (Å²) in [5, 5.41) is 0. The summed E-state index contributed by atoms with van der Waals surface area (Å²) in [7, 11) is 0. The van der Waals surface area contributed by atoms with Crippen LogP contribution in [0, 0.1) is 11.8 Å². The van der Waals surface area contributed by atoms with Gasteiger partial charge in [0.1, 0.15) is 0 Å². The molecule has 0 radical (unpaired) electrons. The van der Waals surface area contributed by atoms with Crippen molar-refractivity contribution in [3.8, 4) is 0 Å². The summed E-state index contributed by atoms with van der Waals surface area (Å²) in [6.45, 7) is 13.6. The van der Waals surface area contributed by atoms with Gasteiger partial charge in [0.2, 0.25) is 0 Å². The van der Waals surface area contributed by atoms with Crippen LogP contribution in [0.1, 0.15) is 65.5 Å². The van der Waals surface area contributed by atoms with Crippen LogP contribution in [0.5, 0.6) is 0 Å². The van der Waals surface area contributed by atoms with E-state index in [0.717, 1.165) is 31.3 Å². The van der Waals surface area contributed by atoms with Crippen molar-refractivity contribution >= 4 is 5.69 Å². The van der Waals surface area contributed by atoms with E-state index in [4.69, 9.17) is 5.73 Å². The number of para-hydroxylation sites is 1. The zero-order chi connectivity index (χ0) is 15.8. The molecule has 0 aromatic heterocycles. The average molecular weight is 290 g/mol. The highest BCUT2D eigenvalue weighted by Crippen LogP contribution is 2.28. The number of benzene rings is 1. The van der Waals surface area contributed by atoms with Gasteiger partial charge >= 0.3 is 0 Å². The van der Waals surface area contributed by atoms with E-state index in [1.807, 2.05) is 0 Å². The van der Waals surface area contributed by atoms with Crippen molar-refractivity contribution in [2.75, 3.05) is 18.0 Å². The van der Waals surface area contributed by atoms with Crippen LogP contribution in [0.25, 0.3) is 0 Å². The molecule has 1 aromatic rings. The molecule has 2 N–H and O–H groups in total. The van der Waals surface area contributed by atoms with Crippen LogP contribution in [0.15, 0.2) is 24.3 Å². The predicted octanol–water partition coefficient (Wildman–Crippen LogP) is 5.00. The zero-order valence-electron chi connectivity index (χ0n) is 14.6. The Balaban J connectivity index is 2.95. The van der Waals surface area contributed by atoms with Crippen molar-refractivity contribution < 1.29 is 0 Å². The van der Waals surface area contributed by atoms with E-state index in [1.54, 1.807) is 0 Å². The summed E-state index contributed by atoms with van der Waals surface area (Å²) in [6, 6.07) is 8.82. The fraction of sp³-hybridized carbons (Fsp3) is 0.684. The largest absolute Gasteiger partial charge is 0.371 e. The maximum Gasteiger partial charge on any atom is 0.0414 e. The number of rotatable bonds is 9. The molecule has 0 aliphatic carbocycles. The molecule has 120 valence electrons. The molecule has 1 atom stereocenters. The first-order valence-corrected chi connectivity index (χ1v) is 8.55. The summed E-state index contributed by atoms with van der Waals surface area (Å²) in [5.41, 5.74) is 8.96. The third-order valence-electron chi connectivity index (χ3n) is 4.07. The van der Waals surface area contributed by atoms with Crippen molar-refractivity contribution in [1.82, 2.24) is 0 Å². The molecular formula is C19H34N2. The first-order chi connectivity index (χ1) is 9.95. The fourth-order valence-corrected chi connectivity index (χ4v) is 2.49. The van der Waals surface area contributed by atoms with Crippen LogP contribution in [0.3, 0.4) is 0 Å². The van der Waals surface area contributed by atoms with Gasteiger partial charge in [-0.1, -0.05) is 52.8 Å². The van der Waals surface area contributed by atoms with Gasteiger partial charge in [-0.25, -0.2) is 0 Å². The van der Waals surface area contributed by atoms with Crippen LogP contribution in [0.4, 0.5) is 5.69 Å². The second-order valence-electron chi connectivity index (χ2n) is 6.93. The Hall–Kier alpha value is -1.02. The van der Waals surface area contributed by atoms with Crippen molar-refractivity contribution in [3.63, 3.8) is 0 Å². The minimum atomic E-state index is 0.141. The molecule has 0 aliphatic heterocycles. The van der Waals surface area contributed by atoms with Gasteiger partial charge in [-0.2, -0.15) is 0 Å². The Morgan fingerprint density at radius 2 is 1.48 bits per heavy atom. The van der Waals surface area contributed by atoms with Crippen molar-refractivity contribution in [3.05, 3.63) is 29.8 Å². The lowest BCUT2D eigenvalue weighted by molar-refractivity contribution is 0.533.